The summed E-state index contributed by atoms with van der Waals surface area (Å²) < 4.78 is 10.5. The molecule has 0 spiro atoms. The number of rotatable bonds is 7. The fourth-order valence-electron chi connectivity index (χ4n) is 2.25. The number of hydrogen-bond donors (Lipinski definition) is 1. The van der Waals surface area contributed by atoms with Gasteiger partial charge in [0.25, 0.3) is 0 Å². The molecule has 0 heterocycles. The first-order valence-electron chi connectivity index (χ1n) is 6.43. The SMILES string of the molecule is COc1ccc(C(CCC(=O)O)C(C)C)cc1OC. The van der Waals surface area contributed by atoms with E-state index < -0.39 is 5.97 Å². The van der Waals surface area contributed by atoms with Crippen LogP contribution in [0.2, 0.25) is 0 Å². The van der Waals surface area contributed by atoms with E-state index in [1.54, 1.807) is 14.2 Å². The second kappa shape index (κ2) is 7.02. The Morgan fingerprint density at radius 2 is 1.84 bits per heavy atom. The minimum Gasteiger partial charge on any atom is -0.493 e. The minimum absolute atomic E-state index is 0.178. The summed E-state index contributed by atoms with van der Waals surface area (Å²) in [7, 11) is 3.20. The number of benzene rings is 1. The molecule has 19 heavy (non-hydrogen) atoms. The monoisotopic (exact) mass is 266 g/mol. The first-order valence-corrected chi connectivity index (χ1v) is 6.43. The third-order valence-corrected chi connectivity index (χ3v) is 3.31. The highest BCUT2D eigenvalue weighted by atomic mass is 16.5. The van der Waals surface area contributed by atoms with Gasteiger partial charge in [0.05, 0.1) is 14.2 Å². The third kappa shape index (κ3) is 4.16. The molecule has 1 N–H and O–H groups in total. The Morgan fingerprint density at radius 3 is 2.32 bits per heavy atom. The van der Waals surface area contributed by atoms with Gasteiger partial charge in [-0.2, -0.15) is 0 Å². The van der Waals surface area contributed by atoms with Crippen LogP contribution in [0.15, 0.2) is 18.2 Å². The molecule has 0 bridgehead atoms. The molecule has 1 aromatic rings. The molecular formula is C15H22O4. The molecule has 1 rings (SSSR count). The van der Waals surface area contributed by atoms with E-state index >= 15 is 0 Å². The Kier molecular flexibility index (Phi) is 5.67. The molecule has 0 fully saturated rings. The summed E-state index contributed by atoms with van der Waals surface area (Å²) in [5.74, 6) is 1.19. The first kappa shape index (κ1) is 15.3. The maximum Gasteiger partial charge on any atom is 0.303 e. The summed E-state index contributed by atoms with van der Waals surface area (Å²) in [4.78, 5) is 10.7. The maximum atomic E-state index is 10.7. The fraction of sp³-hybridized carbons (Fsp3) is 0.533. The van der Waals surface area contributed by atoms with E-state index in [4.69, 9.17) is 14.6 Å². The molecule has 0 radical (unpaired) electrons. The van der Waals surface area contributed by atoms with Crippen LogP contribution in [0.1, 0.15) is 38.2 Å². The Bertz CT molecular complexity index is 426. The van der Waals surface area contributed by atoms with E-state index in [0.29, 0.717) is 23.8 Å². The van der Waals surface area contributed by atoms with Crippen molar-refractivity contribution in [1.82, 2.24) is 0 Å². The van der Waals surface area contributed by atoms with E-state index in [1.807, 2.05) is 18.2 Å². The van der Waals surface area contributed by atoms with Crippen molar-refractivity contribution in [2.45, 2.75) is 32.6 Å². The molecule has 1 unspecified atom stereocenters. The zero-order valence-electron chi connectivity index (χ0n) is 12.0. The van der Waals surface area contributed by atoms with E-state index in [1.165, 1.54) is 0 Å². The van der Waals surface area contributed by atoms with E-state index in [-0.39, 0.29) is 12.3 Å². The van der Waals surface area contributed by atoms with Gasteiger partial charge < -0.3 is 14.6 Å². The molecule has 4 heteroatoms. The van der Waals surface area contributed by atoms with Gasteiger partial charge in [-0.1, -0.05) is 19.9 Å². The summed E-state index contributed by atoms with van der Waals surface area (Å²) >= 11 is 0. The lowest BCUT2D eigenvalue weighted by molar-refractivity contribution is -0.137. The Balaban J connectivity index is 2.99. The predicted octanol–water partition coefficient (Wildman–Crippen LogP) is 3.31. The maximum absolute atomic E-state index is 10.7. The topological polar surface area (TPSA) is 55.8 Å². The molecule has 0 saturated heterocycles. The highest BCUT2D eigenvalue weighted by molar-refractivity contribution is 5.66. The van der Waals surface area contributed by atoms with Crippen molar-refractivity contribution in [3.63, 3.8) is 0 Å². The fourth-order valence-corrected chi connectivity index (χ4v) is 2.25. The molecule has 106 valence electrons. The molecule has 0 aromatic heterocycles. The van der Waals surface area contributed by atoms with Crippen LogP contribution in [0.3, 0.4) is 0 Å². The van der Waals surface area contributed by atoms with Gasteiger partial charge in [-0.05, 0) is 36.0 Å². The molecule has 0 amide bonds. The number of hydrogen-bond acceptors (Lipinski definition) is 3. The van der Waals surface area contributed by atoms with Crippen molar-refractivity contribution in [2.75, 3.05) is 14.2 Å². The van der Waals surface area contributed by atoms with Gasteiger partial charge in [0.1, 0.15) is 0 Å². The zero-order chi connectivity index (χ0) is 14.4. The van der Waals surface area contributed by atoms with Gasteiger partial charge in [-0.25, -0.2) is 0 Å². The number of methoxy groups -OCH3 is 2. The number of carboxylic acid groups (broad SMARTS) is 1. The number of aliphatic carboxylic acids is 1. The van der Waals surface area contributed by atoms with Crippen LogP contribution >= 0.6 is 0 Å². The Hall–Kier alpha value is -1.71. The average molecular weight is 266 g/mol. The van der Waals surface area contributed by atoms with E-state index in [9.17, 15) is 4.79 Å². The third-order valence-electron chi connectivity index (χ3n) is 3.31. The Labute approximate surface area is 114 Å². The van der Waals surface area contributed by atoms with Gasteiger partial charge >= 0.3 is 5.97 Å². The van der Waals surface area contributed by atoms with Crippen LogP contribution in [0.25, 0.3) is 0 Å². The van der Waals surface area contributed by atoms with Crippen LogP contribution in [-0.4, -0.2) is 25.3 Å². The molecular weight excluding hydrogens is 244 g/mol. The van der Waals surface area contributed by atoms with Crippen LogP contribution in [0.5, 0.6) is 11.5 Å². The lowest BCUT2D eigenvalue weighted by atomic mass is 9.84. The highest BCUT2D eigenvalue weighted by Gasteiger charge is 2.19. The van der Waals surface area contributed by atoms with Crippen molar-refractivity contribution in [3.8, 4) is 11.5 Å². The van der Waals surface area contributed by atoms with Gasteiger partial charge in [-0.15, -0.1) is 0 Å². The van der Waals surface area contributed by atoms with Gasteiger partial charge in [0.15, 0.2) is 11.5 Å². The van der Waals surface area contributed by atoms with Gasteiger partial charge in [-0.3, -0.25) is 4.79 Å². The number of ether oxygens (including phenoxy) is 2. The average Bonchev–Trinajstić information content (AvgIpc) is 2.37. The highest BCUT2D eigenvalue weighted by Crippen LogP contribution is 2.35. The lowest BCUT2D eigenvalue weighted by Gasteiger charge is -2.21. The molecule has 0 saturated carbocycles. The van der Waals surface area contributed by atoms with Crippen LogP contribution < -0.4 is 9.47 Å². The van der Waals surface area contributed by atoms with Crippen molar-refractivity contribution in [1.29, 1.82) is 0 Å². The molecule has 0 aliphatic heterocycles. The second-order valence-corrected chi connectivity index (χ2v) is 4.90. The summed E-state index contributed by atoms with van der Waals surface area (Å²) in [6.45, 7) is 4.20. The summed E-state index contributed by atoms with van der Waals surface area (Å²) in [5.41, 5.74) is 1.09. The molecule has 1 aromatic carbocycles. The predicted molar refractivity (Wildman–Crippen MR) is 74.0 cm³/mol. The summed E-state index contributed by atoms with van der Waals surface area (Å²) in [6, 6.07) is 5.78. The molecule has 4 nitrogen and oxygen atoms in total. The quantitative estimate of drug-likeness (QED) is 0.822. The summed E-state index contributed by atoms with van der Waals surface area (Å²) in [6.07, 6.45) is 0.805. The smallest absolute Gasteiger partial charge is 0.303 e. The molecule has 1 atom stereocenters. The van der Waals surface area contributed by atoms with Crippen molar-refractivity contribution in [2.24, 2.45) is 5.92 Å². The van der Waals surface area contributed by atoms with Crippen molar-refractivity contribution < 1.29 is 19.4 Å². The first-order chi connectivity index (χ1) is 8.99. The van der Waals surface area contributed by atoms with Gasteiger partial charge in [0.2, 0.25) is 0 Å². The minimum atomic E-state index is -0.758. The van der Waals surface area contributed by atoms with Crippen molar-refractivity contribution >= 4 is 5.97 Å². The Morgan fingerprint density at radius 1 is 1.21 bits per heavy atom. The molecule has 0 aliphatic carbocycles. The van der Waals surface area contributed by atoms with Crippen LogP contribution in [0, 0.1) is 5.92 Å². The lowest BCUT2D eigenvalue weighted by Crippen LogP contribution is -2.09. The largest absolute Gasteiger partial charge is 0.493 e. The number of carbonyl (C=O) groups is 1. The standard InChI is InChI=1S/C15H22O4/c1-10(2)12(6-8-15(16)17)11-5-7-13(18-3)14(9-11)19-4/h5,7,9-10,12H,6,8H2,1-4H3,(H,16,17). The second-order valence-electron chi connectivity index (χ2n) is 4.90. The number of carboxylic acids is 1. The zero-order valence-corrected chi connectivity index (χ0v) is 12.0. The van der Waals surface area contributed by atoms with Crippen molar-refractivity contribution in [3.05, 3.63) is 23.8 Å². The normalized spacial score (nSPS) is 12.3. The van der Waals surface area contributed by atoms with E-state index in [2.05, 4.69) is 13.8 Å². The van der Waals surface area contributed by atoms with Gasteiger partial charge in [0, 0.05) is 6.42 Å². The van der Waals surface area contributed by atoms with Crippen LogP contribution in [0.4, 0.5) is 0 Å². The van der Waals surface area contributed by atoms with E-state index in [0.717, 1.165) is 5.56 Å². The summed E-state index contributed by atoms with van der Waals surface area (Å²) in [5, 5.41) is 8.83. The molecule has 0 aliphatic rings. The van der Waals surface area contributed by atoms with Crippen LogP contribution in [-0.2, 0) is 4.79 Å².